The molecule has 0 spiro atoms. The molecule has 0 aliphatic carbocycles. The highest BCUT2D eigenvalue weighted by molar-refractivity contribution is 5.83. The lowest BCUT2D eigenvalue weighted by Crippen LogP contribution is -2.44. The fraction of sp³-hybridized carbons (Fsp3) is 0.308. The topological polar surface area (TPSA) is 101 Å². The fourth-order valence-corrected chi connectivity index (χ4v) is 1.91. The Kier molecular flexibility index (Phi) is 3.97. The number of methoxy groups -OCH3 is 1. The summed E-state index contributed by atoms with van der Waals surface area (Å²) in [5, 5.41) is 26.8. The number of fused-ring (bicyclic) bond motifs is 1. The fourth-order valence-electron chi connectivity index (χ4n) is 1.91. The van der Waals surface area contributed by atoms with Crippen LogP contribution in [-0.2, 0) is 4.74 Å². The number of rotatable bonds is 3. The molecule has 0 unspecified atom stereocenters. The quantitative estimate of drug-likeness (QED) is 0.671. The number of amides is 1. The SMILES string of the molecule is CCOC(=O)Nc1c(C)[n+]([O-])c2ccc(OC)cc2[n+]1[O-]. The van der Waals surface area contributed by atoms with Gasteiger partial charge in [0.25, 0.3) is 11.2 Å². The maximum Gasteiger partial charge on any atom is 0.505 e. The molecular weight excluding hydrogens is 278 g/mol. The van der Waals surface area contributed by atoms with Crippen LogP contribution in [0.2, 0.25) is 0 Å². The molecule has 1 N–H and O–H groups in total. The van der Waals surface area contributed by atoms with Crippen LogP contribution in [0.3, 0.4) is 0 Å². The molecule has 112 valence electrons. The van der Waals surface area contributed by atoms with Gasteiger partial charge in [0.2, 0.25) is 5.52 Å². The van der Waals surface area contributed by atoms with Crippen molar-refractivity contribution >= 4 is 22.9 Å². The van der Waals surface area contributed by atoms with Crippen LogP contribution in [-0.4, -0.2) is 19.8 Å². The van der Waals surface area contributed by atoms with Crippen LogP contribution >= 0.6 is 0 Å². The summed E-state index contributed by atoms with van der Waals surface area (Å²) in [6, 6.07) is 4.48. The molecule has 0 saturated heterocycles. The molecule has 2 rings (SSSR count). The Morgan fingerprint density at radius 1 is 1.29 bits per heavy atom. The normalized spacial score (nSPS) is 10.4. The van der Waals surface area contributed by atoms with Crippen LogP contribution in [0.4, 0.5) is 10.6 Å². The second-order valence-corrected chi connectivity index (χ2v) is 4.22. The monoisotopic (exact) mass is 293 g/mol. The molecule has 1 aromatic heterocycles. The standard InChI is InChI=1S/C13H15N3O5/c1-4-21-13(17)14-12-8(2)15(18)10-6-5-9(20-3)7-11(10)16(12)19/h5-7H,4H2,1-3H3,(H,14,17). The van der Waals surface area contributed by atoms with Gasteiger partial charge in [-0.3, -0.25) is 0 Å². The second-order valence-electron chi connectivity index (χ2n) is 4.22. The van der Waals surface area contributed by atoms with Crippen molar-refractivity contribution in [2.75, 3.05) is 19.0 Å². The van der Waals surface area contributed by atoms with Crippen molar-refractivity contribution in [2.24, 2.45) is 0 Å². The zero-order chi connectivity index (χ0) is 15.6. The first-order valence-electron chi connectivity index (χ1n) is 6.26. The van der Waals surface area contributed by atoms with Crippen molar-refractivity contribution in [3.8, 4) is 5.75 Å². The van der Waals surface area contributed by atoms with Gasteiger partial charge in [0, 0.05) is 19.1 Å². The van der Waals surface area contributed by atoms with Gasteiger partial charge in [-0.15, -0.1) is 0 Å². The van der Waals surface area contributed by atoms with E-state index >= 15 is 0 Å². The predicted octanol–water partition coefficient (Wildman–Crippen LogP) is 0.992. The Morgan fingerprint density at radius 2 is 2.00 bits per heavy atom. The average molecular weight is 293 g/mol. The van der Waals surface area contributed by atoms with Gasteiger partial charge in [-0.25, -0.2) is 4.73 Å². The summed E-state index contributed by atoms with van der Waals surface area (Å²) in [6.45, 7) is 3.23. The summed E-state index contributed by atoms with van der Waals surface area (Å²) in [7, 11) is 1.45. The minimum atomic E-state index is -0.799. The Balaban J connectivity index is 2.62. The number of benzene rings is 1. The number of hydrogen-bond acceptors (Lipinski definition) is 5. The van der Waals surface area contributed by atoms with E-state index in [2.05, 4.69) is 5.32 Å². The molecule has 8 nitrogen and oxygen atoms in total. The summed E-state index contributed by atoms with van der Waals surface area (Å²) in [4.78, 5) is 11.5. The molecule has 0 saturated carbocycles. The molecule has 21 heavy (non-hydrogen) atoms. The molecule has 0 bridgehead atoms. The highest BCUT2D eigenvalue weighted by Gasteiger charge is 2.26. The minimum Gasteiger partial charge on any atom is -0.710 e. The largest absolute Gasteiger partial charge is 0.710 e. The van der Waals surface area contributed by atoms with Crippen molar-refractivity contribution in [1.82, 2.24) is 0 Å². The maximum absolute atomic E-state index is 12.3. The van der Waals surface area contributed by atoms with Crippen LogP contribution in [0, 0.1) is 17.3 Å². The molecule has 0 radical (unpaired) electrons. The smallest absolute Gasteiger partial charge is 0.505 e. The van der Waals surface area contributed by atoms with E-state index < -0.39 is 6.09 Å². The lowest BCUT2D eigenvalue weighted by Gasteiger charge is -2.14. The molecule has 8 heteroatoms. The number of ether oxygens (including phenoxy) is 2. The molecule has 2 aromatic rings. The van der Waals surface area contributed by atoms with Gasteiger partial charge in [-0.05, 0) is 13.0 Å². The summed E-state index contributed by atoms with van der Waals surface area (Å²) in [5.74, 6) is 0.252. The lowest BCUT2D eigenvalue weighted by atomic mass is 10.2. The van der Waals surface area contributed by atoms with Crippen LogP contribution < -0.4 is 19.5 Å². The first-order valence-corrected chi connectivity index (χ1v) is 6.26. The van der Waals surface area contributed by atoms with E-state index in [9.17, 15) is 15.2 Å². The molecule has 0 aliphatic heterocycles. The lowest BCUT2D eigenvalue weighted by molar-refractivity contribution is -0.623. The second kappa shape index (κ2) is 5.70. The van der Waals surface area contributed by atoms with E-state index in [1.54, 1.807) is 13.0 Å². The maximum atomic E-state index is 12.3. The molecule has 0 fully saturated rings. The third-order valence-corrected chi connectivity index (χ3v) is 2.97. The molecular formula is C13H15N3O5. The van der Waals surface area contributed by atoms with Crippen molar-refractivity contribution < 1.29 is 23.7 Å². The van der Waals surface area contributed by atoms with Crippen molar-refractivity contribution in [1.29, 1.82) is 0 Å². The number of carbonyl (C=O) groups excluding carboxylic acids is 1. The zero-order valence-corrected chi connectivity index (χ0v) is 11.9. The van der Waals surface area contributed by atoms with Gasteiger partial charge < -0.3 is 19.9 Å². The van der Waals surface area contributed by atoms with Gasteiger partial charge in [0.1, 0.15) is 5.75 Å². The van der Waals surface area contributed by atoms with Crippen LogP contribution in [0.25, 0.3) is 11.0 Å². The Bertz CT molecular complexity index is 702. The third-order valence-electron chi connectivity index (χ3n) is 2.97. The number of anilines is 1. The highest BCUT2D eigenvalue weighted by Crippen LogP contribution is 2.18. The average Bonchev–Trinajstić information content (AvgIpc) is 2.49. The molecule has 0 aliphatic rings. The number of aromatic nitrogens is 2. The highest BCUT2D eigenvalue weighted by atomic mass is 16.5. The molecule has 1 aromatic carbocycles. The van der Waals surface area contributed by atoms with Gasteiger partial charge in [-0.2, -0.15) is 14.8 Å². The number of nitrogens with zero attached hydrogens (tertiary/aromatic N) is 2. The van der Waals surface area contributed by atoms with Gasteiger partial charge in [0.15, 0.2) is 0 Å². The van der Waals surface area contributed by atoms with Gasteiger partial charge in [0.05, 0.1) is 13.7 Å². The first-order chi connectivity index (χ1) is 9.99. The summed E-state index contributed by atoms with van der Waals surface area (Å²) in [6.07, 6.45) is -0.799. The van der Waals surface area contributed by atoms with Crippen molar-refractivity contribution in [3.63, 3.8) is 0 Å². The zero-order valence-electron chi connectivity index (χ0n) is 11.9. The van der Waals surface area contributed by atoms with E-state index in [-0.39, 0.29) is 29.2 Å². The Hall–Kier alpha value is -2.77. The Labute approximate surface area is 120 Å². The van der Waals surface area contributed by atoms with E-state index in [1.165, 1.54) is 26.2 Å². The van der Waals surface area contributed by atoms with Crippen molar-refractivity contribution in [3.05, 3.63) is 34.3 Å². The summed E-state index contributed by atoms with van der Waals surface area (Å²) < 4.78 is 10.8. The molecule has 0 atom stereocenters. The van der Waals surface area contributed by atoms with Crippen LogP contribution in [0.5, 0.6) is 5.75 Å². The van der Waals surface area contributed by atoms with E-state index in [4.69, 9.17) is 9.47 Å². The van der Waals surface area contributed by atoms with Crippen LogP contribution in [0.15, 0.2) is 18.2 Å². The van der Waals surface area contributed by atoms with E-state index in [0.29, 0.717) is 15.2 Å². The summed E-state index contributed by atoms with van der Waals surface area (Å²) in [5.41, 5.74) is 0.329. The van der Waals surface area contributed by atoms with Gasteiger partial charge in [-0.1, -0.05) is 0 Å². The third kappa shape index (κ3) is 2.60. The van der Waals surface area contributed by atoms with E-state index in [1.807, 2.05) is 0 Å². The molecule has 1 heterocycles. The van der Waals surface area contributed by atoms with Gasteiger partial charge >= 0.3 is 11.9 Å². The number of nitrogens with one attached hydrogen (secondary N) is 1. The first kappa shape index (κ1) is 14.6. The summed E-state index contributed by atoms with van der Waals surface area (Å²) >= 11 is 0. The number of carbonyl (C=O) groups is 1. The van der Waals surface area contributed by atoms with Crippen molar-refractivity contribution in [2.45, 2.75) is 13.8 Å². The predicted molar refractivity (Wildman–Crippen MR) is 73.8 cm³/mol. The molecule has 1 amide bonds. The number of hydrogen-bond donors (Lipinski definition) is 1. The van der Waals surface area contributed by atoms with Crippen LogP contribution in [0.1, 0.15) is 12.6 Å². The minimum absolute atomic E-state index is 0.0655. The van der Waals surface area contributed by atoms with E-state index in [0.717, 1.165) is 0 Å². The Morgan fingerprint density at radius 3 is 2.62 bits per heavy atom.